The predicted molar refractivity (Wildman–Crippen MR) is 81.3 cm³/mol. The van der Waals surface area contributed by atoms with Crippen LogP contribution in [-0.2, 0) is 0 Å². The first-order valence-corrected chi connectivity index (χ1v) is 6.59. The lowest BCUT2D eigenvalue weighted by Crippen LogP contribution is -2.07. The number of nitrogens with one attached hydrogen (secondary N) is 1. The van der Waals surface area contributed by atoms with Gasteiger partial charge in [-0.05, 0) is 36.8 Å². The molecule has 106 valence electrons. The number of nitriles is 1. The molecule has 0 aliphatic rings. The normalized spacial score (nSPS) is 11.5. The first kappa shape index (κ1) is 14.8. The van der Waals surface area contributed by atoms with Gasteiger partial charge in [0.1, 0.15) is 5.02 Å². The first-order chi connectivity index (χ1) is 10.0. The molecule has 2 aromatic carbocycles. The molecule has 1 atom stereocenters. The average molecular weight is 302 g/mol. The third kappa shape index (κ3) is 3.50. The molecule has 0 fully saturated rings. The molecule has 0 amide bonds. The van der Waals surface area contributed by atoms with Crippen molar-refractivity contribution in [1.29, 1.82) is 5.26 Å². The van der Waals surface area contributed by atoms with Crippen LogP contribution >= 0.6 is 11.6 Å². The van der Waals surface area contributed by atoms with Crippen LogP contribution in [0.2, 0.25) is 5.02 Å². The molecule has 0 heterocycles. The van der Waals surface area contributed by atoms with Gasteiger partial charge in [0.25, 0.3) is 5.69 Å². The van der Waals surface area contributed by atoms with Gasteiger partial charge in [-0.2, -0.15) is 5.26 Å². The second-order valence-corrected chi connectivity index (χ2v) is 4.93. The number of benzene rings is 2. The predicted octanol–water partition coefficient (Wildman–Crippen LogP) is 4.29. The smallest absolute Gasteiger partial charge is 0.289 e. The van der Waals surface area contributed by atoms with Gasteiger partial charge in [-0.3, -0.25) is 10.1 Å². The molecule has 0 saturated carbocycles. The van der Waals surface area contributed by atoms with Crippen LogP contribution in [0.5, 0.6) is 0 Å². The number of rotatable bonds is 4. The topological polar surface area (TPSA) is 79.0 Å². The fourth-order valence-electron chi connectivity index (χ4n) is 1.95. The van der Waals surface area contributed by atoms with E-state index in [1.165, 1.54) is 12.1 Å². The van der Waals surface area contributed by atoms with Crippen molar-refractivity contribution in [1.82, 2.24) is 0 Å². The minimum absolute atomic E-state index is 0.0981. The van der Waals surface area contributed by atoms with Crippen molar-refractivity contribution in [2.45, 2.75) is 13.0 Å². The number of hydrogen-bond acceptors (Lipinski definition) is 4. The molecule has 5 nitrogen and oxygen atoms in total. The van der Waals surface area contributed by atoms with E-state index in [4.69, 9.17) is 16.9 Å². The lowest BCUT2D eigenvalue weighted by molar-refractivity contribution is -0.384. The van der Waals surface area contributed by atoms with Gasteiger partial charge in [-0.1, -0.05) is 23.7 Å². The summed E-state index contributed by atoms with van der Waals surface area (Å²) in [6, 6.07) is 13.7. The highest BCUT2D eigenvalue weighted by atomic mass is 35.5. The van der Waals surface area contributed by atoms with Crippen LogP contribution in [0.4, 0.5) is 11.4 Å². The van der Waals surface area contributed by atoms with Gasteiger partial charge >= 0.3 is 0 Å². The molecule has 0 aliphatic carbocycles. The second-order valence-electron chi connectivity index (χ2n) is 4.53. The molecular formula is C15H12ClN3O2. The summed E-state index contributed by atoms with van der Waals surface area (Å²) in [4.78, 5) is 10.4. The van der Waals surface area contributed by atoms with Crippen molar-refractivity contribution >= 4 is 23.0 Å². The van der Waals surface area contributed by atoms with Crippen molar-refractivity contribution in [3.63, 3.8) is 0 Å². The van der Waals surface area contributed by atoms with Crippen LogP contribution in [0.1, 0.15) is 24.1 Å². The molecule has 21 heavy (non-hydrogen) atoms. The molecule has 2 aromatic rings. The maximum absolute atomic E-state index is 10.9. The Balaban J connectivity index is 2.23. The fraction of sp³-hybridized carbons (Fsp3) is 0.133. The van der Waals surface area contributed by atoms with Gasteiger partial charge in [-0.15, -0.1) is 0 Å². The highest BCUT2D eigenvalue weighted by Gasteiger charge is 2.14. The second kappa shape index (κ2) is 6.25. The zero-order valence-electron chi connectivity index (χ0n) is 11.2. The van der Waals surface area contributed by atoms with Crippen LogP contribution in [0, 0.1) is 21.4 Å². The van der Waals surface area contributed by atoms with Crippen LogP contribution in [0.25, 0.3) is 0 Å². The van der Waals surface area contributed by atoms with Crippen molar-refractivity contribution in [2.24, 2.45) is 0 Å². The van der Waals surface area contributed by atoms with Gasteiger partial charge in [0, 0.05) is 17.8 Å². The van der Waals surface area contributed by atoms with Gasteiger partial charge in [-0.25, -0.2) is 0 Å². The molecule has 0 radical (unpaired) electrons. The molecule has 0 aromatic heterocycles. The van der Waals surface area contributed by atoms with Crippen LogP contribution in [-0.4, -0.2) is 4.92 Å². The van der Waals surface area contributed by atoms with Gasteiger partial charge < -0.3 is 5.32 Å². The van der Waals surface area contributed by atoms with Crippen molar-refractivity contribution in [3.05, 3.63) is 68.7 Å². The fourth-order valence-corrected chi connectivity index (χ4v) is 2.14. The molecule has 2 rings (SSSR count). The van der Waals surface area contributed by atoms with E-state index < -0.39 is 4.92 Å². The molecule has 6 heteroatoms. The van der Waals surface area contributed by atoms with E-state index in [0.717, 1.165) is 5.56 Å². The van der Waals surface area contributed by atoms with E-state index in [2.05, 4.69) is 11.4 Å². The summed E-state index contributed by atoms with van der Waals surface area (Å²) < 4.78 is 0. The largest absolute Gasteiger partial charge is 0.378 e. The van der Waals surface area contributed by atoms with Crippen molar-refractivity contribution in [2.75, 3.05) is 5.32 Å². The molecule has 0 saturated heterocycles. The Kier molecular flexibility index (Phi) is 4.41. The van der Waals surface area contributed by atoms with E-state index in [1.807, 2.05) is 13.0 Å². The van der Waals surface area contributed by atoms with E-state index in [1.54, 1.807) is 24.3 Å². The van der Waals surface area contributed by atoms with E-state index >= 15 is 0 Å². The number of nitro benzene ring substituents is 1. The number of nitro groups is 1. The molecule has 0 bridgehead atoms. The highest BCUT2D eigenvalue weighted by Crippen LogP contribution is 2.29. The number of anilines is 1. The highest BCUT2D eigenvalue weighted by molar-refractivity contribution is 6.32. The van der Waals surface area contributed by atoms with Gasteiger partial charge in [0.15, 0.2) is 0 Å². The van der Waals surface area contributed by atoms with Gasteiger partial charge in [0.05, 0.1) is 16.6 Å². The Hall–Kier alpha value is -2.58. The maximum atomic E-state index is 10.9. The molecule has 1 unspecified atom stereocenters. The zero-order valence-corrected chi connectivity index (χ0v) is 12.0. The quantitative estimate of drug-likeness (QED) is 0.674. The Labute approximate surface area is 126 Å². The average Bonchev–Trinajstić information content (AvgIpc) is 2.49. The third-order valence-electron chi connectivity index (χ3n) is 3.04. The van der Waals surface area contributed by atoms with Gasteiger partial charge in [0.2, 0.25) is 0 Å². The summed E-state index contributed by atoms with van der Waals surface area (Å²) in [7, 11) is 0. The zero-order chi connectivity index (χ0) is 15.4. The molecule has 0 aliphatic heterocycles. The lowest BCUT2D eigenvalue weighted by atomic mass is 10.1. The minimum atomic E-state index is -0.519. The minimum Gasteiger partial charge on any atom is -0.378 e. The lowest BCUT2D eigenvalue weighted by Gasteiger charge is -2.16. The first-order valence-electron chi connectivity index (χ1n) is 6.22. The van der Waals surface area contributed by atoms with Crippen LogP contribution < -0.4 is 5.32 Å². The number of hydrogen-bond donors (Lipinski definition) is 1. The summed E-state index contributed by atoms with van der Waals surface area (Å²) in [6.45, 7) is 1.91. The standard InChI is InChI=1S/C15H12ClN3O2/c1-10(12-4-2-3-11(7-12)9-17)18-13-5-6-14(16)15(8-13)19(20)21/h2-8,10,18H,1H3. The summed E-state index contributed by atoms with van der Waals surface area (Å²) in [6.07, 6.45) is 0. The van der Waals surface area contributed by atoms with E-state index in [9.17, 15) is 10.1 Å². The van der Waals surface area contributed by atoms with E-state index in [0.29, 0.717) is 11.3 Å². The summed E-state index contributed by atoms with van der Waals surface area (Å²) in [5.74, 6) is 0. The monoisotopic (exact) mass is 301 g/mol. The Morgan fingerprint density at radius 1 is 1.33 bits per heavy atom. The number of nitrogens with zero attached hydrogens (tertiary/aromatic N) is 2. The van der Waals surface area contributed by atoms with Crippen LogP contribution in [0.3, 0.4) is 0 Å². The Morgan fingerprint density at radius 3 is 2.76 bits per heavy atom. The number of halogens is 1. The van der Waals surface area contributed by atoms with Crippen LogP contribution in [0.15, 0.2) is 42.5 Å². The third-order valence-corrected chi connectivity index (χ3v) is 3.36. The molecule has 0 spiro atoms. The summed E-state index contributed by atoms with van der Waals surface area (Å²) in [5, 5.41) is 23.0. The summed E-state index contributed by atoms with van der Waals surface area (Å²) in [5.41, 5.74) is 1.95. The maximum Gasteiger partial charge on any atom is 0.289 e. The SMILES string of the molecule is CC(Nc1ccc(Cl)c([N+](=O)[O-])c1)c1cccc(C#N)c1. The molecular weight excluding hydrogens is 290 g/mol. The summed E-state index contributed by atoms with van der Waals surface area (Å²) >= 11 is 5.78. The van der Waals surface area contributed by atoms with Crippen molar-refractivity contribution in [3.8, 4) is 6.07 Å². The Morgan fingerprint density at radius 2 is 2.10 bits per heavy atom. The van der Waals surface area contributed by atoms with E-state index in [-0.39, 0.29) is 16.8 Å². The molecule has 1 N–H and O–H groups in total. The Bertz CT molecular complexity index is 725. The van der Waals surface area contributed by atoms with Crippen molar-refractivity contribution < 1.29 is 4.92 Å².